The van der Waals surface area contributed by atoms with Gasteiger partial charge in [0.05, 0.1) is 18.5 Å². The molecule has 0 fully saturated rings. The van der Waals surface area contributed by atoms with Crippen LogP contribution in [0.3, 0.4) is 0 Å². The van der Waals surface area contributed by atoms with E-state index in [1.54, 1.807) is 7.11 Å². The molecule has 1 N–H and O–H groups in total. The topological polar surface area (TPSA) is 68.6 Å². The summed E-state index contributed by atoms with van der Waals surface area (Å²) in [6.45, 7) is 3.99. The number of rotatable bonds is 3. The lowest BCUT2D eigenvalue weighted by atomic mass is 10.1. The minimum absolute atomic E-state index is 0.704. The van der Waals surface area contributed by atoms with E-state index in [1.807, 2.05) is 42.8 Å². The molecular formula is C14H15N5O. The maximum atomic E-state index is 5.31. The van der Waals surface area contributed by atoms with E-state index < -0.39 is 0 Å². The lowest BCUT2D eigenvalue weighted by Gasteiger charge is -2.11. The van der Waals surface area contributed by atoms with Crippen LogP contribution in [0.5, 0.6) is 5.75 Å². The van der Waals surface area contributed by atoms with Crippen LogP contribution in [-0.2, 0) is 0 Å². The first-order valence-corrected chi connectivity index (χ1v) is 6.26. The maximum absolute atomic E-state index is 5.31. The molecule has 0 aliphatic heterocycles. The number of methoxy groups -OCH3 is 1. The van der Waals surface area contributed by atoms with Gasteiger partial charge in [-0.3, -0.25) is 5.10 Å². The van der Waals surface area contributed by atoms with Gasteiger partial charge in [0.15, 0.2) is 5.82 Å². The van der Waals surface area contributed by atoms with E-state index in [1.165, 1.54) is 6.33 Å². The third-order valence-corrected chi connectivity index (χ3v) is 3.11. The van der Waals surface area contributed by atoms with Gasteiger partial charge in [0, 0.05) is 17.3 Å². The number of aromatic amines is 1. The molecular weight excluding hydrogens is 254 g/mol. The second-order valence-corrected chi connectivity index (χ2v) is 4.56. The summed E-state index contributed by atoms with van der Waals surface area (Å²) in [5.74, 6) is 1.48. The minimum atomic E-state index is 0.704. The summed E-state index contributed by atoms with van der Waals surface area (Å²) in [7, 11) is 1.65. The number of nitrogens with zero attached hydrogens (tertiary/aromatic N) is 4. The fraction of sp³-hybridized carbons (Fsp3) is 0.214. The van der Waals surface area contributed by atoms with Crippen molar-refractivity contribution in [3.05, 3.63) is 42.0 Å². The number of hydrogen-bond donors (Lipinski definition) is 1. The zero-order chi connectivity index (χ0) is 14.1. The Morgan fingerprint density at radius 2 is 2.05 bits per heavy atom. The van der Waals surface area contributed by atoms with Crippen molar-refractivity contribution in [2.75, 3.05) is 7.11 Å². The zero-order valence-electron chi connectivity index (χ0n) is 11.6. The predicted octanol–water partition coefficient (Wildman–Crippen LogP) is 2.28. The average molecular weight is 269 g/mol. The molecule has 0 spiro atoms. The molecule has 0 saturated heterocycles. The van der Waals surface area contributed by atoms with Crippen LogP contribution < -0.4 is 4.74 Å². The molecule has 0 atom stereocenters. The number of aryl methyl sites for hydroxylation is 2. The lowest BCUT2D eigenvalue weighted by Crippen LogP contribution is -2.02. The van der Waals surface area contributed by atoms with Crippen LogP contribution in [-0.4, -0.2) is 32.1 Å². The molecule has 0 unspecified atom stereocenters. The first-order valence-electron chi connectivity index (χ1n) is 6.26. The van der Waals surface area contributed by atoms with Crippen LogP contribution in [0.2, 0.25) is 0 Å². The lowest BCUT2D eigenvalue weighted by molar-refractivity contribution is 0.414. The van der Waals surface area contributed by atoms with Gasteiger partial charge in [-0.2, -0.15) is 10.2 Å². The van der Waals surface area contributed by atoms with Gasteiger partial charge >= 0.3 is 0 Å². The van der Waals surface area contributed by atoms with Gasteiger partial charge in [0.2, 0.25) is 0 Å². The molecule has 6 nitrogen and oxygen atoms in total. The standard InChI is InChI=1S/C14H15N5O/c1-9-6-10(2)19(18-9)13-7-11(20-3)4-5-12(13)14-15-8-16-17-14/h4-8H,1-3H3,(H,15,16,17). The quantitative estimate of drug-likeness (QED) is 0.792. The molecule has 102 valence electrons. The number of aromatic nitrogens is 5. The molecule has 0 aliphatic rings. The summed E-state index contributed by atoms with van der Waals surface area (Å²) in [4.78, 5) is 4.22. The van der Waals surface area contributed by atoms with Crippen molar-refractivity contribution in [1.29, 1.82) is 0 Å². The van der Waals surface area contributed by atoms with Crippen LogP contribution in [0.25, 0.3) is 17.1 Å². The van der Waals surface area contributed by atoms with Crippen LogP contribution >= 0.6 is 0 Å². The Hall–Kier alpha value is -2.63. The first-order chi connectivity index (χ1) is 9.69. The van der Waals surface area contributed by atoms with Gasteiger partial charge in [-0.25, -0.2) is 9.67 Å². The first kappa shape index (κ1) is 12.4. The Balaban J connectivity index is 2.24. The van der Waals surface area contributed by atoms with Gasteiger partial charge in [0.1, 0.15) is 12.1 Å². The monoisotopic (exact) mass is 269 g/mol. The van der Waals surface area contributed by atoms with Gasteiger partial charge in [-0.15, -0.1) is 0 Å². The van der Waals surface area contributed by atoms with E-state index in [-0.39, 0.29) is 0 Å². The summed E-state index contributed by atoms with van der Waals surface area (Å²) in [5, 5.41) is 11.3. The van der Waals surface area contributed by atoms with Gasteiger partial charge < -0.3 is 4.74 Å². The average Bonchev–Trinajstić information content (AvgIpc) is 3.07. The summed E-state index contributed by atoms with van der Waals surface area (Å²) in [5.41, 5.74) is 3.85. The van der Waals surface area contributed by atoms with E-state index in [0.717, 1.165) is 28.4 Å². The second kappa shape index (κ2) is 4.80. The van der Waals surface area contributed by atoms with Crippen molar-refractivity contribution in [2.45, 2.75) is 13.8 Å². The molecule has 1 aromatic carbocycles. The molecule has 3 aromatic rings. The SMILES string of the molecule is COc1ccc(-c2ncn[nH]2)c(-n2nc(C)cc2C)c1. The number of nitrogens with one attached hydrogen (secondary N) is 1. The highest BCUT2D eigenvalue weighted by Crippen LogP contribution is 2.28. The summed E-state index contributed by atoms with van der Waals surface area (Å²) >= 11 is 0. The molecule has 0 amide bonds. The van der Waals surface area contributed by atoms with Crippen LogP contribution in [0.4, 0.5) is 0 Å². The summed E-state index contributed by atoms with van der Waals surface area (Å²) in [6.07, 6.45) is 1.49. The fourth-order valence-electron chi connectivity index (χ4n) is 2.22. The molecule has 0 bridgehead atoms. The minimum Gasteiger partial charge on any atom is -0.497 e. The number of benzene rings is 1. The second-order valence-electron chi connectivity index (χ2n) is 4.56. The largest absolute Gasteiger partial charge is 0.497 e. The van der Waals surface area contributed by atoms with Crippen molar-refractivity contribution in [2.24, 2.45) is 0 Å². The van der Waals surface area contributed by atoms with E-state index in [4.69, 9.17) is 4.74 Å². The summed E-state index contributed by atoms with van der Waals surface area (Å²) < 4.78 is 7.19. The van der Waals surface area contributed by atoms with Gasteiger partial charge in [0.25, 0.3) is 0 Å². The Labute approximate surface area is 116 Å². The fourth-order valence-corrected chi connectivity index (χ4v) is 2.22. The Bertz CT molecular complexity index is 730. The highest BCUT2D eigenvalue weighted by molar-refractivity contribution is 5.68. The smallest absolute Gasteiger partial charge is 0.157 e. The van der Waals surface area contributed by atoms with Crippen LogP contribution in [0.15, 0.2) is 30.6 Å². The van der Waals surface area contributed by atoms with Crippen LogP contribution in [0.1, 0.15) is 11.4 Å². The third-order valence-electron chi connectivity index (χ3n) is 3.11. The van der Waals surface area contributed by atoms with Crippen LogP contribution in [0, 0.1) is 13.8 Å². The molecule has 2 aromatic heterocycles. The summed E-state index contributed by atoms with van der Waals surface area (Å²) in [6, 6.07) is 7.82. The Kier molecular flexibility index (Phi) is 2.98. The third kappa shape index (κ3) is 2.05. The molecule has 20 heavy (non-hydrogen) atoms. The maximum Gasteiger partial charge on any atom is 0.157 e. The van der Waals surface area contributed by atoms with Crippen molar-refractivity contribution >= 4 is 0 Å². The Morgan fingerprint density at radius 3 is 2.65 bits per heavy atom. The Morgan fingerprint density at radius 1 is 1.20 bits per heavy atom. The normalized spacial score (nSPS) is 10.8. The van der Waals surface area contributed by atoms with Gasteiger partial charge in [-0.1, -0.05) is 0 Å². The molecule has 0 aliphatic carbocycles. The van der Waals surface area contributed by atoms with Crippen molar-refractivity contribution < 1.29 is 4.74 Å². The molecule has 6 heteroatoms. The highest BCUT2D eigenvalue weighted by atomic mass is 16.5. The molecule has 3 rings (SSSR count). The van der Waals surface area contributed by atoms with Crippen molar-refractivity contribution in [3.8, 4) is 22.8 Å². The number of hydrogen-bond acceptors (Lipinski definition) is 4. The molecule has 0 radical (unpaired) electrons. The zero-order valence-corrected chi connectivity index (χ0v) is 11.6. The number of H-pyrrole nitrogens is 1. The van der Waals surface area contributed by atoms with E-state index in [9.17, 15) is 0 Å². The highest BCUT2D eigenvalue weighted by Gasteiger charge is 2.13. The van der Waals surface area contributed by atoms with E-state index in [2.05, 4.69) is 20.3 Å². The van der Waals surface area contributed by atoms with Crippen molar-refractivity contribution in [3.63, 3.8) is 0 Å². The van der Waals surface area contributed by atoms with E-state index >= 15 is 0 Å². The van der Waals surface area contributed by atoms with Gasteiger partial charge in [-0.05, 0) is 32.0 Å². The van der Waals surface area contributed by atoms with Crippen molar-refractivity contribution in [1.82, 2.24) is 25.0 Å². The molecule has 0 saturated carbocycles. The predicted molar refractivity (Wildman–Crippen MR) is 75.0 cm³/mol. The van der Waals surface area contributed by atoms with E-state index in [0.29, 0.717) is 5.82 Å². The number of ether oxygens (including phenoxy) is 1. The molecule has 2 heterocycles.